The van der Waals surface area contributed by atoms with Gasteiger partial charge >= 0.3 is 5.97 Å². The van der Waals surface area contributed by atoms with Crippen LogP contribution in [0.1, 0.15) is 69.7 Å². The molecule has 2 unspecified atom stereocenters. The van der Waals surface area contributed by atoms with Crippen LogP contribution in [0.25, 0.3) is 0 Å². The standard InChI is InChI=1S/C22H33NO5/c1-5-7-13-27-19-11-10-17(14-18(19)20(24)26-4)23-21(25)22(28-6-2)12-8-9-16(3)15-22/h10-11,14,16H,5-9,12-13,15H2,1-4H3,(H,23,25). The Morgan fingerprint density at radius 2 is 2.07 bits per heavy atom. The molecule has 1 amide bonds. The summed E-state index contributed by atoms with van der Waals surface area (Å²) in [4.78, 5) is 25.3. The molecule has 0 bridgehead atoms. The van der Waals surface area contributed by atoms with E-state index in [1.165, 1.54) is 7.11 Å². The van der Waals surface area contributed by atoms with Crippen LogP contribution in [0.5, 0.6) is 5.75 Å². The number of carbonyl (C=O) groups is 2. The lowest BCUT2D eigenvalue weighted by atomic mass is 9.78. The molecule has 0 saturated heterocycles. The van der Waals surface area contributed by atoms with Crippen molar-refractivity contribution in [3.05, 3.63) is 23.8 Å². The number of hydrogen-bond acceptors (Lipinski definition) is 5. The van der Waals surface area contributed by atoms with E-state index < -0.39 is 11.6 Å². The SMILES string of the molecule is CCCCOc1ccc(NC(=O)C2(OCC)CCCC(C)C2)cc1C(=O)OC. The van der Waals surface area contributed by atoms with Crippen LogP contribution in [0, 0.1) is 5.92 Å². The Balaban J connectivity index is 2.21. The lowest BCUT2D eigenvalue weighted by Crippen LogP contribution is -2.48. The van der Waals surface area contributed by atoms with E-state index in [1.807, 2.05) is 6.92 Å². The molecule has 1 fully saturated rings. The fraction of sp³-hybridized carbons (Fsp3) is 0.636. The molecule has 0 radical (unpaired) electrons. The van der Waals surface area contributed by atoms with Crippen molar-refractivity contribution in [2.75, 3.05) is 25.6 Å². The topological polar surface area (TPSA) is 73.9 Å². The highest BCUT2D eigenvalue weighted by Crippen LogP contribution is 2.36. The van der Waals surface area contributed by atoms with Gasteiger partial charge in [-0.2, -0.15) is 0 Å². The van der Waals surface area contributed by atoms with Gasteiger partial charge in [0, 0.05) is 12.3 Å². The van der Waals surface area contributed by atoms with Gasteiger partial charge in [0.2, 0.25) is 0 Å². The zero-order valence-electron chi connectivity index (χ0n) is 17.5. The summed E-state index contributed by atoms with van der Waals surface area (Å²) in [5.74, 6) is 0.250. The summed E-state index contributed by atoms with van der Waals surface area (Å²) in [6.45, 7) is 7.14. The second-order valence-corrected chi connectivity index (χ2v) is 7.49. The van der Waals surface area contributed by atoms with Crippen LogP contribution in [0.2, 0.25) is 0 Å². The predicted octanol–water partition coefficient (Wildman–Crippen LogP) is 4.58. The number of carbonyl (C=O) groups excluding carboxylic acids is 2. The Morgan fingerprint density at radius 3 is 2.71 bits per heavy atom. The van der Waals surface area contributed by atoms with Crippen molar-refractivity contribution < 1.29 is 23.8 Å². The van der Waals surface area contributed by atoms with Crippen molar-refractivity contribution in [3.63, 3.8) is 0 Å². The first-order chi connectivity index (χ1) is 13.5. The number of nitrogens with one attached hydrogen (secondary N) is 1. The van der Waals surface area contributed by atoms with Crippen LogP contribution in [0.15, 0.2) is 18.2 Å². The smallest absolute Gasteiger partial charge is 0.341 e. The van der Waals surface area contributed by atoms with Crippen molar-refractivity contribution in [3.8, 4) is 5.75 Å². The van der Waals surface area contributed by atoms with Crippen LogP contribution in [-0.2, 0) is 14.3 Å². The van der Waals surface area contributed by atoms with Gasteiger partial charge in [-0.15, -0.1) is 0 Å². The Kier molecular flexibility index (Phi) is 8.30. The van der Waals surface area contributed by atoms with Gasteiger partial charge in [-0.1, -0.05) is 26.7 Å². The van der Waals surface area contributed by atoms with Gasteiger partial charge in [0.25, 0.3) is 5.91 Å². The third-order valence-electron chi connectivity index (χ3n) is 5.19. The molecule has 0 aromatic heterocycles. The summed E-state index contributed by atoms with van der Waals surface area (Å²) >= 11 is 0. The number of rotatable bonds is 9. The van der Waals surface area contributed by atoms with E-state index in [1.54, 1.807) is 18.2 Å². The van der Waals surface area contributed by atoms with Crippen molar-refractivity contribution in [2.45, 2.75) is 64.9 Å². The summed E-state index contributed by atoms with van der Waals surface area (Å²) in [6.07, 6.45) is 5.38. The van der Waals surface area contributed by atoms with Gasteiger partial charge in [-0.3, -0.25) is 4.79 Å². The van der Waals surface area contributed by atoms with E-state index in [4.69, 9.17) is 14.2 Å². The Labute approximate surface area is 167 Å². The van der Waals surface area contributed by atoms with Gasteiger partial charge in [0.05, 0.1) is 13.7 Å². The molecular weight excluding hydrogens is 358 g/mol. The van der Waals surface area contributed by atoms with Gasteiger partial charge in [0.1, 0.15) is 16.9 Å². The fourth-order valence-corrected chi connectivity index (χ4v) is 3.76. The zero-order chi connectivity index (χ0) is 20.6. The number of esters is 1. The van der Waals surface area contributed by atoms with E-state index >= 15 is 0 Å². The van der Waals surface area contributed by atoms with Crippen molar-refractivity contribution in [1.82, 2.24) is 0 Å². The summed E-state index contributed by atoms with van der Waals surface area (Å²) in [7, 11) is 1.33. The number of benzene rings is 1. The second-order valence-electron chi connectivity index (χ2n) is 7.49. The number of ether oxygens (including phenoxy) is 3. The average Bonchev–Trinajstić information content (AvgIpc) is 2.68. The highest BCUT2D eigenvalue weighted by Gasteiger charge is 2.42. The molecule has 6 heteroatoms. The monoisotopic (exact) mass is 391 g/mol. The number of hydrogen-bond donors (Lipinski definition) is 1. The summed E-state index contributed by atoms with van der Waals surface area (Å²) in [6, 6.07) is 5.06. The van der Waals surface area contributed by atoms with Crippen molar-refractivity contribution in [1.29, 1.82) is 0 Å². The molecule has 1 aliphatic carbocycles. The molecule has 1 aliphatic rings. The Hall–Kier alpha value is -2.08. The fourth-order valence-electron chi connectivity index (χ4n) is 3.76. The molecule has 0 aliphatic heterocycles. The minimum absolute atomic E-state index is 0.156. The number of unbranched alkanes of at least 4 members (excludes halogenated alkanes) is 1. The first-order valence-electron chi connectivity index (χ1n) is 10.3. The first kappa shape index (κ1) is 22.2. The summed E-state index contributed by atoms with van der Waals surface area (Å²) in [5.41, 5.74) is 0.0261. The summed E-state index contributed by atoms with van der Waals surface area (Å²) < 4.78 is 16.5. The molecule has 1 aromatic carbocycles. The van der Waals surface area contributed by atoms with Crippen LogP contribution in [-0.4, -0.2) is 37.8 Å². The van der Waals surface area contributed by atoms with Gasteiger partial charge < -0.3 is 19.5 Å². The molecule has 0 spiro atoms. The van der Waals surface area contributed by atoms with Crippen molar-refractivity contribution >= 4 is 17.6 Å². The Bertz CT molecular complexity index is 671. The molecule has 28 heavy (non-hydrogen) atoms. The maximum atomic E-state index is 13.1. The largest absolute Gasteiger partial charge is 0.493 e. The second kappa shape index (κ2) is 10.5. The van der Waals surface area contributed by atoms with E-state index in [2.05, 4.69) is 19.2 Å². The maximum absolute atomic E-state index is 13.1. The molecule has 1 aromatic rings. The maximum Gasteiger partial charge on any atom is 0.341 e. The molecule has 6 nitrogen and oxygen atoms in total. The van der Waals surface area contributed by atoms with Crippen LogP contribution >= 0.6 is 0 Å². The normalized spacial score (nSPS) is 21.8. The average molecular weight is 392 g/mol. The minimum atomic E-state index is -0.811. The van der Waals surface area contributed by atoms with E-state index in [0.717, 1.165) is 25.7 Å². The molecule has 2 atom stereocenters. The minimum Gasteiger partial charge on any atom is -0.493 e. The molecule has 1 saturated carbocycles. The van der Waals surface area contributed by atoms with E-state index in [9.17, 15) is 9.59 Å². The van der Waals surface area contributed by atoms with Crippen LogP contribution < -0.4 is 10.1 Å². The van der Waals surface area contributed by atoms with Crippen molar-refractivity contribution in [2.24, 2.45) is 5.92 Å². The number of amides is 1. The van der Waals surface area contributed by atoms with E-state index in [0.29, 0.717) is 49.0 Å². The molecule has 1 N–H and O–H groups in total. The quantitative estimate of drug-likeness (QED) is 0.493. The van der Waals surface area contributed by atoms with Gasteiger partial charge in [-0.05, 0) is 56.7 Å². The van der Waals surface area contributed by atoms with Crippen LogP contribution in [0.4, 0.5) is 5.69 Å². The zero-order valence-corrected chi connectivity index (χ0v) is 17.5. The lowest BCUT2D eigenvalue weighted by Gasteiger charge is -2.38. The number of anilines is 1. The van der Waals surface area contributed by atoms with Crippen LogP contribution in [0.3, 0.4) is 0 Å². The van der Waals surface area contributed by atoms with E-state index in [-0.39, 0.29) is 5.91 Å². The van der Waals surface area contributed by atoms with Gasteiger partial charge in [0.15, 0.2) is 0 Å². The molecule has 0 heterocycles. The van der Waals surface area contributed by atoms with Gasteiger partial charge in [-0.25, -0.2) is 4.79 Å². The third kappa shape index (κ3) is 5.47. The third-order valence-corrected chi connectivity index (χ3v) is 5.19. The summed E-state index contributed by atoms with van der Waals surface area (Å²) in [5, 5.41) is 2.94. The highest BCUT2D eigenvalue weighted by molar-refractivity contribution is 5.99. The molecule has 156 valence electrons. The lowest BCUT2D eigenvalue weighted by molar-refractivity contribution is -0.147. The molecular formula is C22H33NO5. The number of methoxy groups -OCH3 is 1. The Morgan fingerprint density at radius 1 is 1.29 bits per heavy atom. The highest BCUT2D eigenvalue weighted by atomic mass is 16.5. The first-order valence-corrected chi connectivity index (χ1v) is 10.3. The molecule has 2 rings (SSSR count). The predicted molar refractivity (Wildman–Crippen MR) is 109 cm³/mol.